The minimum absolute atomic E-state index is 0.0463. The Morgan fingerprint density at radius 1 is 1.59 bits per heavy atom. The summed E-state index contributed by atoms with van der Waals surface area (Å²) in [6.45, 7) is 1.86. The average molecular weight is 234 g/mol. The van der Waals surface area contributed by atoms with Gasteiger partial charge >= 0.3 is 5.97 Å². The summed E-state index contributed by atoms with van der Waals surface area (Å²) in [5, 5.41) is 13.4. The van der Waals surface area contributed by atoms with Gasteiger partial charge in [-0.2, -0.15) is 0 Å². The Morgan fingerprint density at radius 2 is 2.35 bits per heavy atom. The molecule has 0 saturated heterocycles. The van der Waals surface area contributed by atoms with Crippen molar-refractivity contribution in [3.63, 3.8) is 0 Å². The smallest absolute Gasteiger partial charge is 0.303 e. The quantitative estimate of drug-likeness (QED) is 0.844. The van der Waals surface area contributed by atoms with Gasteiger partial charge in [0.1, 0.15) is 0 Å². The highest BCUT2D eigenvalue weighted by Crippen LogP contribution is 2.27. The zero-order valence-corrected chi connectivity index (χ0v) is 9.51. The van der Waals surface area contributed by atoms with Gasteiger partial charge in [-0.25, -0.2) is 0 Å². The van der Waals surface area contributed by atoms with Crippen LogP contribution in [0.3, 0.4) is 0 Å². The van der Waals surface area contributed by atoms with Crippen molar-refractivity contribution in [3.05, 3.63) is 29.5 Å². The van der Waals surface area contributed by atoms with E-state index in [4.69, 9.17) is 15.4 Å². The summed E-state index contributed by atoms with van der Waals surface area (Å²) in [4.78, 5) is 10.5. The first-order chi connectivity index (χ1) is 8.09. The van der Waals surface area contributed by atoms with Crippen molar-refractivity contribution in [1.29, 1.82) is 0 Å². The number of aliphatic carboxylic acids is 1. The largest absolute Gasteiger partial charge is 0.481 e. The lowest BCUT2D eigenvalue weighted by Crippen LogP contribution is -2.12. The van der Waals surface area contributed by atoms with Crippen LogP contribution in [0, 0.1) is 6.92 Å². The highest BCUT2D eigenvalue weighted by atomic mass is 16.5. The van der Waals surface area contributed by atoms with Crippen LogP contribution >= 0.6 is 0 Å². The van der Waals surface area contributed by atoms with Crippen LogP contribution < -0.4 is 5.73 Å². The summed E-state index contributed by atoms with van der Waals surface area (Å²) in [6, 6.07) is 5.29. The SMILES string of the molecule is Cc1noc2c(C(N)CCC(=O)O)cccc12. The van der Waals surface area contributed by atoms with E-state index in [1.165, 1.54) is 0 Å². The molecule has 1 aromatic heterocycles. The number of rotatable bonds is 4. The van der Waals surface area contributed by atoms with Crippen LogP contribution in [0.2, 0.25) is 0 Å². The predicted octanol–water partition coefficient (Wildman–Crippen LogP) is 2.00. The van der Waals surface area contributed by atoms with Crippen molar-refractivity contribution in [2.45, 2.75) is 25.8 Å². The zero-order chi connectivity index (χ0) is 12.4. The molecule has 0 aliphatic heterocycles. The summed E-state index contributed by atoms with van der Waals surface area (Å²) in [7, 11) is 0. The number of carboxylic acid groups (broad SMARTS) is 1. The second-order valence-corrected chi connectivity index (χ2v) is 4.03. The molecule has 1 aromatic carbocycles. The molecule has 1 atom stereocenters. The van der Waals surface area contributed by atoms with Crippen LogP contribution in [0.4, 0.5) is 0 Å². The normalized spacial score (nSPS) is 12.8. The molecule has 5 heteroatoms. The molecular weight excluding hydrogens is 220 g/mol. The third-order valence-electron chi connectivity index (χ3n) is 2.78. The van der Waals surface area contributed by atoms with Crippen molar-refractivity contribution < 1.29 is 14.4 Å². The van der Waals surface area contributed by atoms with E-state index in [9.17, 15) is 4.79 Å². The second-order valence-electron chi connectivity index (χ2n) is 4.03. The molecule has 1 unspecified atom stereocenters. The molecule has 90 valence electrons. The fourth-order valence-corrected chi connectivity index (χ4v) is 1.83. The van der Waals surface area contributed by atoms with Gasteiger partial charge in [0.15, 0.2) is 5.58 Å². The van der Waals surface area contributed by atoms with E-state index < -0.39 is 5.97 Å². The number of benzene rings is 1. The van der Waals surface area contributed by atoms with Crippen molar-refractivity contribution in [2.24, 2.45) is 5.73 Å². The Kier molecular flexibility index (Phi) is 3.10. The topological polar surface area (TPSA) is 89.4 Å². The molecule has 5 nitrogen and oxygen atoms in total. The summed E-state index contributed by atoms with van der Waals surface area (Å²) in [6.07, 6.45) is 0.429. The van der Waals surface area contributed by atoms with Gasteiger partial charge in [0, 0.05) is 23.4 Å². The Bertz CT molecular complexity index is 548. The number of hydrogen-bond acceptors (Lipinski definition) is 4. The van der Waals surface area contributed by atoms with E-state index >= 15 is 0 Å². The maximum absolute atomic E-state index is 10.5. The number of carboxylic acids is 1. The van der Waals surface area contributed by atoms with E-state index in [-0.39, 0.29) is 12.5 Å². The Labute approximate surface area is 98.2 Å². The standard InChI is InChI=1S/C12H14N2O3/c1-7-8-3-2-4-9(12(8)17-14-7)10(13)5-6-11(15)16/h2-4,10H,5-6,13H2,1H3,(H,15,16). The molecule has 0 aliphatic carbocycles. The van der Waals surface area contributed by atoms with Crippen LogP contribution in [-0.4, -0.2) is 16.2 Å². The van der Waals surface area contributed by atoms with Crippen molar-refractivity contribution >= 4 is 16.9 Å². The molecule has 0 bridgehead atoms. The van der Waals surface area contributed by atoms with Crippen molar-refractivity contribution in [1.82, 2.24) is 5.16 Å². The fraction of sp³-hybridized carbons (Fsp3) is 0.333. The van der Waals surface area contributed by atoms with Gasteiger partial charge in [0.2, 0.25) is 0 Å². The summed E-state index contributed by atoms with van der Waals surface area (Å²) < 4.78 is 5.23. The number of nitrogens with two attached hydrogens (primary N) is 1. The fourth-order valence-electron chi connectivity index (χ4n) is 1.83. The second kappa shape index (κ2) is 4.55. The lowest BCUT2D eigenvalue weighted by molar-refractivity contribution is -0.137. The van der Waals surface area contributed by atoms with Gasteiger partial charge < -0.3 is 15.4 Å². The number of hydrogen-bond donors (Lipinski definition) is 2. The molecule has 0 aliphatic rings. The summed E-state index contributed by atoms with van der Waals surface area (Å²) in [5.74, 6) is -0.846. The zero-order valence-electron chi connectivity index (χ0n) is 9.51. The van der Waals surface area contributed by atoms with Gasteiger partial charge in [-0.3, -0.25) is 4.79 Å². The predicted molar refractivity (Wildman–Crippen MR) is 62.5 cm³/mol. The highest BCUT2D eigenvalue weighted by Gasteiger charge is 2.15. The van der Waals surface area contributed by atoms with Crippen LogP contribution in [0.25, 0.3) is 11.0 Å². The molecule has 0 fully saturated rings. The monoisotopic (exact) mass is 234 g/mol. The van der Waals surface area contributed by atoms with Gasteiger partial charge in [0.05, 0.1) is 5.69 Å². The molecule has 17 heavy (non-hydrogen) atoms. The molecule has 3 N–H and O–H groups in total. The average Bonchev–Trinajstić information content (AvgIpc) is 2.68. The van der Waals surface area contributed by atoms with Crippen LogP contribution in [-0.2, 0) is 4.79 Å². The van der Waals surface area contributed by atoms with E-state index in [2.05, 4.69) is 5.16 Å². The van der Waals surface area contributed by atoms with E-state index in [0.717, 1.165) is 16.6 Å². The minimum Gasteiger partial charge on any atom is -0.481 e. The third kappa shape index (κ3) is 2.29. The van der Waals surface area contributed by atoms with E-state index in [0.29, 0.717) is 12.0 Å². The Morgan fingerprint density at radius 3 is 3.06 bits per heavy atom. The molecule has 0 radical (unpaired) electrons. The van der Waals surface area contributed by atoms with Crippen molar-refractivity contribution in [2.75, 3.05) is 0 Å². The molecule has 1 heterocycles. The molecule has 2 rings (SSSR count). The van der Waals surface area contributed by atoms with E-state index in [1.807, 2.05) is 25.1 Å². The lowest BCUT2D eigenvalue weighted by atomic mass is 10.0. The number of nitrogens with zero attached hydrogens (tertiary/aromatic N) is 1. The van der Waals surface area contributed by atoms with E-state index in [1.54, 1.807) is 0 Å². The molecule has 2 aromatic rings. The molecule has 0 amide bonds. The number of fused-ring (bicyclic) bond motifs is 1. The molecular formula is C12H14N2O3. The summed E-state index contributed by atoms with van der Waals surface area (Å²) >= 11 is 0. The number of aromatic nitrogens is 1. The van der Waals surface area contributed by atoms with Gasteiger partial charge in [-0.15, -0.1) is 0 Å². The maximum Gasteiger partial charge on any atom is 0.303 e. The van der Waals surface area contributed by atoms with Crippen LogP contribution in [0.15, 0.2) is 22.7 Å². The van der Waals surface area contributed by atoms with Gasteiger partial charge in [-0.05, 0) is 19.4 Å². The summed E-state index contributed by atoms with van der Waals surface area (Å²) in [5.41, 5.74) is 8.24. The van der Waals surface area contributed by atoms with Gasteiger partial charge in [-0.1, -0.05) is 17.3 Å². The minimum atomic E-state index is -0.846. The first-order valence-corrected chi connectivity index (χ1v) is 5.42. The Hall–Kier alpha value is -1.88. The van der Waals surface area contributed by atoms with Gasteiger partial charge in [0.25, 0.3) is 0 Å². The lowest BCUT2D eigenvalue weighted by Gasteiger charge is -2.10. The first-order valence-electron chi connectivity index (χ1n) is 5.42. The number of aryl methyl sites for hydroxylation is 1. The number of carbonyl (C=O) groups is 1. The Balaban J connectivity index is 2.31. The first kappa shape index (κ1) is 11.6. The maximum atomic E-state index is 10.5. The highest BCUT2D eigenvalue weighted by molar-refractivity contribution is 5.82. The van der Waals surface area contributed by atoms with Crippen LogP contribution in [0.5, 0.6) is 0 Å². The molecule has 0 saturated carbocycles. The third-order valence-corrected chi connectivity index (χ3v) is 2.78. The number of para-hydroxylation sites is 1. The van der Waals surface area contributed by atoms with Crippen molar-refractivity contribution in [3.8, 4) is 0 Å². The molecule has 0 spiro atoms. The van der Waals surface area contributed by atoms with Crippen LogP contribution in [0.1, 0.15) is 30.1 Å².